The van der Waals surface area contributed by atoms with Crippen molar-refractivity contribution in [1.29, 1.82) is 0 Å². The van der Waals surface area contributed by atoms with Crippen molar-refractivity contribution in [3.05, 3.63) is 58.6 Å². The van der Waals surface area contributed by atoms with Crippen molar-refractivity contribution in [2.24, 2.45) is 5.73 Å². The molecule has 2 rings (SSSR count). The van der Waals surface area contributed by atoms with Crippen LogP contribution in [-0.2, 0) is 10.0 Å². The van der Waals surface area contributed by atoms with Gasteiger partial charge in [-0.25, -0.2) is 17.2 Å². The second kappa shape index (κ2) is 5.90. The molecule has 0 aromatic heterocycles. The molecule has 5 nitrogen and oxygen atoms in total. The summed E-state index contributed by atoms with van der Waals surface area (Å²) < 4.78 is 53.3. The van der Waals surface area contributed by atoms with Crippen LogP contribution in [0.2, 0.25) is 5.02 Å². The molecule has 0 bridgehead atoms. The van der Waals surface area contributed by atoms with E-state index in [1.165, 1.54) is 12.1 Å². The summed E-state index contributed by atoms with van der Waals surface area (Å²) in [5, 5.41) is -0.0645. The lowest BCUT2D eigenvalue weighted by atomic mass is 10.2. The molecule has 116 valence electrons. The maximum absolute atomic E-state index is 13.6. The molecular formula is C13H9ClF2N2O3S. The smallest absolute Gasteiger partial charge is 0.267 e. The highest BCUT2D eigenvalue weighted by molar-refractivity contribution is 7.92. The van der Waals surface area contributed by atoms with E-state index in [1.54, 1.807) is 0 Å². The van der Waals surface area contributed by atoms with Crippen molar-refractivity contribution in [3.8, 4) is 0 Å². The minimum Gasteiger partial charge on any atom is -0.366 e. The number of benzene rings is 2. The number of hydrogen-bond acceptors (Lipinski definition) is 3. The summed E-state index contributed by atoms with van der Waals surface area (Å²) in [5.74, 6) is -3.32. The number of anilines is 1. The molecule has 0 fully saturated rings. The van der Waals surface area contributed by atoms with Crippen LogP contribution in [0.25, 0.3) is 0 Å². The van der Waals surface area contributed by atoms with E-state index in [0.717, 1.165) is 24.3 Å². The second-order valence-electron chi connectivity index (χ2n) is 4.22. The molecular weight excluding hydrogens is 338 g/mol. The minimum absolute atomic E-state index is 0.0175. The Balaban J connectivity index is 2.50. The molecule has 0 radical (unpaired) electrons. The Morgan fingerprint density at radius 2 is 1.73 bits per heavy atom. The van der Waals surface area contributed by atoms with Gasteiger partial charge in [-0.05, 0) is 30.3 Å². The minimum atomic E-state index is -4.58. The molecule has 2 aromatic rings. The van der Waals surface area contributed by atoms with Crippen LogP contribution in [0, 0.1) is 11.6 Å². The molecule has 0 saturated heterocycles. The standard InChI is InChI=1S/C13H9ClF2N2O3S/c14-8-5-4-7(13(17)19)6-11(8)18-22(20,21)12-9(15)2-1-3-10(12)16/h1-6,18H,(H2,17,19). The summed E-state index contributed by atoms with van der Waals surface area (Å²) in [4.78, 5) is 9.95. The molecule has 22 heavy (non-hydrogen) atoms. The van der Waals surface area contributed by atoms with Gasteiger partial charge in [0, 0.05) is 5.56 Å². The zero-order valence-electron chi connectivity index (χ0n) is 10.8. The first kappa shape index (κ1) is 16.2. The lowest BCUT2D eigenvalue weighted by Gasteiger charge is -2.11. The first-order valence-corrected chi connectivity index (χ1v) is 7.64. The van der Waals surface area contributed by atoms with Crippen LogP contribution in [0.1, 0.15) is 10.4 Å². The van der Waals surface area contributed by atoms with Gasteiger partial charge in [-0.3, -0.25) is 9.52 Å². The summed E-state index contributed by atoms with van der Waals surface area (Å²) in [6.07, 6.45) is 0. The Kier molecular flexibility index (Phi) is 4.34. The highest BCUT2D eigenvalue weighted by Crippen LogP contribution is 2.27. The maximum atomic E-state index is 13.6. The summed E-state index contributed by atoms with van der Waals surface area (Å²) in [7, 11) is -4.58. The van der Waals surface area contributed by atoms with E-state index in [0.29, 0.717) is 0 Å². The number of sulfonamides is 1. The second-order valence-corrected chi connectivity index (χ2v) is 6.24. The van der Waals surface area contributed by atoms with E-state index in [9.17, 15) is 22.0 Å². The van der Waals surface area contributed by atoms with Crippen molar-refractivity contribution in [2.75, 3.05) is 4.72 Å². The van der Waals surface area contributed by atoms with Gasteiger partial charge in [0.05, 0.1) is 10.7 Å². The lowest BCUT2D eigenvalue weighted by molar-refractivity contribution is 0.100. The number of amides is 1. The molecule has 9 heteroatoms. The normalized spacial score (nSPS) is 11.2. The molecule has 0 saturated carbocycles. The molecule has 0 heterocycles. The van der Waals surface area contributed by atoms with Gasteiger partial charge in [-0.2, -0.15) is 0 Å². The van der Waals surface area contributed by atoms with Crippen molar-refractivity contribution >= 4 is 33.2 Å². The van der Waals surface area contributed by atoms with Crippen LogP contribution < -0.4 is 10.5 Å². The fourth-order valence-electron chi connectivity index (χ4n) is 1.69. The van der Waals surface area contributed by atoms with Crippen LogP contribution in [0.3, 0.4) is 0 Å². The number of rotatable bonds is 4. The van der Waals surface area contributed by atoms with E-state index in [2.05, 4.69) is 0 Å². The average molecular weight is 347 g/mol. The van der Waals surface area contributed by atoms with Crippen LogP contribution in [0.4, 0.5) is 14.5 Å². The van der Waals surface area contributed by atoms with Gasteiger partial charge in [0.15, 0.2) is 4.90 Å². The number of halogens is 3. The summed E-state index contributed by atoms with van der Waals surface area (Å²) in [6, 6.07) is 6.23. The number of carbonyl (C=O) groups excluding carboxylic acids is 1. The van der Waals surface area contributed by atoms with Gasteiger partial charge < -0.3 is 5.73 Å². The van der Waals surface area contributed by atoms with Crippen molar-refractivity contribution < 1.29 is 22.0 Å². The fourth-order valence-corrected chi connectivity index (χ4v) is 3.12. The first-order chi connectivity index (χ1) is 10.2. The molecule has 0 aliphatic rings. The predicted molar refractivity (Wildman–Crippen MR) is 77.1 cm³/mol. The fraction of sp³-hybridized carbons (Fsp3) is 0. The van der Waals surface area contributed by atoms with Crippen LogP contribution in [-0.4, -0.2) is 14.3 Å². The van der Waals surface area contributed by atoms with E-state index < -0.39 is 32.5 Å². The molecule has 0 aliphatic heterocycles. The molecule has 0 atom stereocenters. The monoisotopic (exact) mass is 346 g/mol. The topological polar surface area (TPSA) is 89.3 Å². The molecule has 3 N–H and O–H groups in total. The third-order valence-corrected chi connectivity index (χ3v) is 4.43. The van der Waals surface area contributed by atoms with Gasteiger partial charge in [0.1, 0.15) is 11.6 Å². The summed E-state index contributed by atoms with van der Waals surface area (Å²) in [5.41, 5.74) is 4.84. The van der Waals surface area contributed by atoms with Gasteiger partial charge in [0.25, 0.3) is 10.0 Å². The molecule has 1 amide bonds. The Morgan fingerprint density at radius 3 is 2.27 bits per heavy atom. The highest BCUT2D eigenvalue weighted by Gasteiger charge is 2.24. The highest BCUT2D eigenvalue weighted by atomic mass is 35.5. The van der Waals surface area contributed by atoms with Crippen LogP contribution >= 0.6 is 11.6 Å². The number of hydrogen-bond donors (Lipinski definition) is 2. The van der Waals surface area contributed by atoms with Gasteiger partial charge in [0.2, 0.25) is 5.91 Å². The van der Waals surface area contributed by atoms with Crippen molar-refractivity contribution in [1.82, 2.24) is 0 Å². The number of nitrogens with one attached hydrogen (secondary N) is 1. The third-order valence-electron chi connectivity index (χ3n) is 2.68. The number of nitrogens with two attached hydrogens (primary N) is 1. The Morgan fingerprint density at radius 1 is 1.14 bits per heavy atom. The zero-order chi connectivity index (χ0) is 16.5. The van der Waals surface area contributed by atoms with Crippen LogP contribution in [0.5, 0.6) is 0 Å². The molecule has 0 unspecified atom stereocenters. The predicted octanol–water partition coefficient (Wildman–Crippen LogP) is 2.52. The Hall–Kier alpha value is -2.19. The van der Waals surface area contributed by atoms with E-state index in [4.69, 9.17) is 17.3 Å². The first-order valence-electron chi connectivity index (χ1n) is 5.78. The largest absolute Gasteiger partial charge is 0.366 e. The van der Waals surface area contributed by atoms with Gasteiger partial charge in [-0.1, -0.05) is 17.7 Å². The SMILES string of the molecule is NC(=O)c1ccc(Cl)c(NS(=O)(=O)c2c(F)cccc2F)c1. The quantitative estimate of drug-likeness (QED) is 0.891. The van der Waals surface area contributed by atoms with Gasteiger partial charge in [-0.15, -0.1) is 0 Å². The lowest BCUT2D eigenvalue weighted by Crippen LogP contribution is -2.17. The number of carbonyl (C=O) groups is 1. The third kappa shape index (κ3) is 3.18. The van der Waals surface area contributed by atoms with E-state index in [-0.39, 0.29) is 16.3 Å². The van der Waals surface area contributed by atoms with E-state index >= 15 is 0 Å². The molecule has 0 aliphatic carbocycles. The number of primary amides is 1. The van der Waals surface area contributed by atoms with Gasteiger partial charge >= 0.3 is 0 Å². The van der Waals surface area contributed by atoms with E-state index in [1.807, 2.05) is 4.72 Å². The average Bonchev–Trinajstić information content (AvgIpc) is 2.40. The summed E-state index contributed by atoms with van der Waals surface area (Å²) >= 11 is 5.81. The molecule has 0 spiro atoms. The summed E-state index contributed by atoms with van der Waals surface area (Å²) in [6.45, 7) is 0. The zero-order valence-corrected chi connectivity index (χ0v) is 12.4. The van der Waals surface area contributed by atoms with Crippen molar-refractivity contribution in [2.45, 2.75) is 4.90 Å². The Labute approximate surface area is 129 Å². The van der Waals surface area contributed by atoms with Crippen molar-refractivity contribution in [3.63, 3.8) is 0 Å². The van der Waals surface area contributed by atoms with Crippen LogP contribution in [0.15, 0.2) is 41.3 Å². The Bertz CT molecular complexity index is 836. The maximum Gasteiger partial charge on any atom is 0.267 e. The molecule has 2 aromatic carbocycles.